The van der Waals surface area contributed by atoms with Crippen LogP contribution in [0.1, 0.15) is 42.2 Å². The van der Waals surface area contributed by atoms with Crippen molar-refractivity contribution < 1.29 is 4.74 Å². The quantitative estimate of drug-likeness (QED) is 0.903. The van der Waals surface area contributed by atoms with Crippen LogP contribution in [0.5, 0.6) is 0 Å². The van der Waals surface area contributed by atoms with Crippen molar-refractivity contribution in [3.05, 3.63) is 46.5 Å². The van der Waals surface area contributed by atoms with Crippen molar-refractivity contribution >= 4 is 11.6 Å². The lowest BCUT2D eigenvalue weighted by atomic mass is 10.1. The third-order valence-corrected chi connectivity index (χ3v) is 3.51. The molecule has 1 aromatic heterocycles. The zero-order valence-electron chi connectivity index (χ0n) is 10.3. The van der Waals surface area contributed by atoms with Crippen LogP contribution >= 0.6 is 11.6 Å². The van der Waals surface area contributed by atoms with E-state index < -0.39 is 0 Å². The third-order valence-electron chi connectivity index (χ3n) is 3.26. The molecule has 2 atom stereocenters. The van der Waals surface area contributed by atoms with Crippen LogP contribution in [0.4, 0.5) is 0 Å². The Morgan fingerprint density at radius 3 is 2.84 bits per heavy atom. The van der Waals surface area contributed by atoms with Gasteiger partial charge in [-0.15, -0.1) is 0 Å². The zero-order valence-corrected chi connectivity index (χ0v) is 11.1. The van der Waals surface area contributed by atoms with Crippen LogP contribution in [-0.2, 0) is 4.74 Å². The molecule has 1 aliphatic heterocycles. The van der Waals surface area contributed by atoms with E-state index in [-0.39, 0.29) is 12.1 Å². The third kappa shape index (κ3) is 2.63. The van der Waals surface area contributed by atoms with Crippen LogP contribution in [-0.4, -0.2) is 21.8 Å². The summed E-state index contributed by atoms with van der Waals surface area (Å²) in [4.78, 5) is 4.44. The molecule has 1 fully saturated rings. The highest BCUT2D eigenvalue weighted by Crippen LogP contribution is 2.27. The fraction of sp³-hybridized carbons (Fsp3) is 0.385. The van der Waals surface area contributed by atoms with Gasteiger partial charge in [0.25, 0.3) is 0 Å². The van der Waals surface area contributed by atoms with E-state index in [0.29, 0.717) is 10.8 Å². The van der Waals surface area contributed by atoms with Gasteiger partial charge in [0.2, 0.25) is 0 Å². The number of rotatable bonds is 3. The van der Waals surface area contributed by atoms with E-state index in [1.807, 2.05) is 24.3 Å². The summed E-state index contributed by atoms with van der Waals surface area (Å²) >= 11 is 5.86. The van der Waals surface area contributed by atoms with E-state index in [9.17, 15) is 0 Å². The predicted molar refractivity (Wildman–Crippen MR) is 71.8 cm³/mol. The van der Waals surface area contributed by atoms with Gasteiger partial charge in [-0.05, 0) is 30.5 Å². The lowest BCUT2D eigenvalue weighted by Gasteiger charge is -2.08. The zero-order chi connectivity index (χ0) is 13.2. The highest BCUT2D eigenvalue weighted by Gasteiger charge is 2.23. The second-order valence-electron chi connectivity index (χ2n) is 4.61. The number of aromatic amines is 1. The largest absolute Gasteiger partial charge is 0.370 e. The summed E-state index contributed by atoms with van der Waals surface area (Å²) in [5.41, 5.74) is 7.08. The fourth-order valence-corrected chi connectivity index (χ4v) is 2.31. The van der Waals surface area contributed by atoms with Crippen molar-refractivity contribution in [2.45, 2.75) is 25.0 Å². The molecule has 6 heteroatoms. The summed E-state index contributed by atoms with van der Waals surface area (Å²) in [7, 11) is 0. The molecule has 0 aliphatic carbocycles. The van der Waals surface area contributed by atoms with Gasteiger partial charge in [0.15, 0.2) is 11.6 Å². The number of halogens is 1. The molecule has 100 valence electrons. The second-order valence-corrected chi connectivity index (χ2v) is 5.05. The van der Waals surface area contributed by atoms with Crippen LogP contribution in [0.2, 0.25) is 5.02 Å². The van der Waals surface area contributed by atoms with Gasteiger partial charge in [-0.2, -0.15) is 5.10 Å². The molecule has 1 aliphatic rings. The van der Waals surface area contributed by atoms with E-state index in [4.69, 9.17) is 22.1 Å². The molecule has 0 bridgehead atoms. The van der Waals surface area contributed by atoms with Crippen molar-refractivity contribution in [2.75, 3.05) is 6.61 Å². The number of ether oxygens (including phenoxy) is 1. The molecule has 0 unspecified atom stereocenters. The minimum absolute atomic E-state index is 0.0265. The van der Waals surface area contributed by atoms with Crippen LogP contribution in [0.15, 0.2) is 24.3 Å². The Morgan fingerprint density at radius 1 is 1.37 bits per heavy atom. The van der Waals surface area contributed by atoms with Crippen molar-refractivity contribution in [2.24, 2.45) is 5.73 Å². The summed E-state index contributed by atoms with van der Waals surface area (Å²) in [6.07, 6.45) is 2.06. The van der Waals surface area contributed by atoms with Crippen LogP contribution < -0.4 is 5.73 Å². The summed E-state index contributed by atoms with van der Waals surface area (Å²) in [6, 6.07) is 7.03. The normalized spacial score (nSPS) is 20.6. The van der Waals surface area contributed by atoms with Gasteiger partial charge in [-0.3, -0.25) is 5.10 Å². The number of H-pyrrole nitrogens is 1. The second kappa shape index (κ2) is 5.28. The molecule has 0 saturated carbocycles. The van der Waals surface area contributed by atoms with E-state index in [1.54, 1.807) is 0 Å². The first-order chi connectivity index (χ1) is 9.24. The number of aromatic nitrogens is 3. The molecule has 3 rings (SSSR count). The van der Waals surface area contributed by atoms with Crippen LogP contribution in [0.25, 0.3) is 0 Å². The number of nitrogens with zero attached hydrogens (tertiary/aromatic N) is 2. The Bertz CT molecular complexity index is 548. The van der Waals surface area contributed by atoms with Gasteiger partial charge in [0.1, 0.15) is 6.10 Å². The lowest BCUT2D eigenvalue weighted by Crippen LogP contribution is -2.13. The fourth-order valence-electron chi connectivity index (χ4n) is 2.18. The molecule has 19 heavy (non-hydrogen) atoms. The average Bonchev–Trinajstić information content (AvgIpc) is 3.10. The number of hydrogen-bond acceptors (Lipinski definition) is 4. The van der Waals surface area contributed by atoms with Crippen molar-refractivity contribution in [1.29, 1.82) is 0 Å². The molecular weight excluding hydrogens is 264 g/mol. The molecule has 0 spiro atoms. The minimum atomic E-state index is -0.358. The molecule has 0 amide bonds. The van der Waals surface area contributed by atoms with Gasteiger partial charge in [0.05, 0.1) is 6.04 Å². The highest BCUT2D eigenvalue weighted by molar-refractivity contribution is 6.30. The number of hydrogen-bond donors (Lipinski definition) is 2. The lowest BCUT2D eigenvalue weighted by molar-refractivity contribution is 0.105. The average molecular weight is 279 g/mol. The minimum Gasteiger partial charge on any atom is -0.370 e. The van der Waals surface area contributed by atoms with E-state index in [2.05, 4.69) is 15.2 Å². The molecule has 1 saturated heterocycles. The van der Waals surface area contributed by atoms with Crippen molar-refractivity contribution in [3.63, 3.8) is 0 Å². The first kappa shape index (κ1) is 12.6. The Hall–Kier alpha value is -1.43. The number of benzene rings is 1. The summed E-state index contributed by atoms with van der Waals surface area (Å²) in [5.74, 6) is 1.34. The predicted octanol–water partition coefficient (Wildman–Crippen LogP) is 2.36. The van der Waals surface area contributed by atoms with E-state index in [0.717, 1.165) is 30.8 Å². The number of nitrogens with one attached hydrogen (secondary N) is 1. The molecule has 2 aromatic rings. The van der Waals surface area contributed by atoms with Crippen LogP contribution in [0, 0.1) is 0 Å². The maximum atomic E-state index is 6.15. The maximum absolute atomic E-state index is 6.15. The first-order valence-corrected chi connectivity index (χ1v) is 6.66. The maximum Gasteiger partial charge on any atom is 0.171 e. The molecular formula is C13H15ClN4O. The Morgan fingerprint density at radius 2 is 2.16 bits per heavy atom. The highest BCUT2D eigenvalue weighted by atomic mass is 35.5. The van der Waals surface area contributed by atoms with Gasteiger partial charge in [0, 0.05) is 11.6 Å². The summed E-state index contributed by atoms with van der Waals surface area (Å²) in [6.45, 7) is 0.782. The summed E-state index contributed by atoms with van der Waals surface area (Å²) < 4.78 is 5.56. The molecule has 3 N–H and O–H groups in total. The SMILES string of the molecule is N[C@H](c1ccc(Cl)cc1)c1n[nH]c([C@@H]2CCCO2)n1. The molecule has 1 aromatic carbocycles. The first-order valence-electron chi connectivity index (χ1n) is 6.29. The Kier molecular flexibility index (Phi) is 3.50. The molecule has 0 radical (unpaired) electrons. The molecule has 5 nitrogen and oxygen atoms in total. The smallest absolute Gasteiger partial charge is 0.171 e. The summed E-state index contributed by atoms with van der Waals surface area (Å²) in [5, 5.41) is 7.79. The molecule has 2 heterocycles. The topological polar surface area (TPSA) is 76.8 Å². The number of nitrogens with two attached hydrogens (primary N) is 1. The Labute approximate surface area is 116 Å². The van der Waals surface area contributed by atoms with Gasteiger partial charge in [-0.25, -0.2) is 4.98 Å². The van der Waals surface area contributed by atoms with E-state index in [1.165, 1.54) is 0 Å². The van der Waals surface area contributed by atoms with Crippen LogP contribution in [0.3, 0.4) is 0 Å². The monoisotopic (exact) mass is 278 g/mol. The van der Waals surface area contributed by atoms with Gasteiger partial charge < -0.3 is 10.5 Å². The van der Waals surface area contributed by atoms with Crippen molar-refractivity contribution in [3.8, 4) is 0 Å². The van der Waals surface area contributed by atoms with Gasteiger partial charge >= 0.3 is 0 Å². The van der Waals surface area contributed by atoms with E-state index >= 15 is 0 Å². The Balaban J connectivity index is 1.79. The standard InChI is InChI=1S/C13H15ClN4O/c14-9-5-3-8(4-6-9)11(15)13-16-12(17-18-13)10-2-1-7-19-10/h3-6,10-11H,1-2,7,15H2,(H,16,17,18)/t10-,11+/m0/s1. The van der Waals surface area contributed by atoms with Gasteiger partial charge in [-0.1, -0.05) is 23.7 Å². The van der Waals surface area contributed by atoms with Crippen molar-refractivity contribution in [1.82, 2.24) is 15.2 Å².